The van der Waals surface area contributed by atoms with E-state index in [0.29, 0.717) is 10.6 Å². The minimum Gasteiger partial charge on any atom is -0.381 e. The van der Waals surface area contributed by atoms with Gasteiger partial charge in [0.25, 0.3) is 5.91 Å². The molecule has 1 aliphatic heterocycles. The summed E-state index contributed by atoms with van der Waals surface area (Å²) in [6, 6.07) is 5.25. The van der Waals surface area contributed by atoms with E-state index in [1.54, 1.807) is 25.3 Å². The highest BCUT2D eigenvalue weighted by molar-refractivity contribution is 9.10. The molecule has 1 aliphatic rings. The van der Waals surface area contributed by atoms with Gasteiger partial charge in [-0.2, -0.15) is 0 Å². The average Bonchev–Trinajstić information content (AvgIpc) is 2.38. The van der Waals surface area contributed by atoms with E-state index < -0.39 is 0 Å². The number of ether oxygens (including phenoxy) is 1. The average molecular weight is 333 g/mol. The Labute approximate surface area is 120 Å². The van der Waals surface area contributed by atoms with Gasteiger partial charge in [0.1, 0.15) is 0 Å². The zero-order chi connectivity index (χ0) is 13.1. The quantitative estimate of drug-likeness (QED) is 0.831. The largest absolute Gasteiger partial charge is 0.381 e. The van der Waals surface area contributed by atoms with Crippen LogP contribution >= 0.6 is 27.5 Å². The van der Waals surface area contributed by atoms with Gasteiger partial charge in [0.05, 0.1) is 11.7 Å². The van der Waals surface area contributed by atoms with Gasteiger partial charge < -0.3 is 9.64 Å². The predicted octanol–water partition coefficient (Wildman–Crippen LogP) is 3.35. The summed E-state index contributed by atoms with van der Waals surface area (Å²) in [5.74, 6) is 0.0492. The standard InChI is InChI=1S/C13H15BrClNO2/c1-18-10-4-6-16(7-5-10)13(17)11-3-2-9(15)8-12(11)14/h2-3,8,10H,4-7H2,1H3. The van der Waals surface area contributed by atoms with Crippen LogP contribution in [0.15, 0.2) is 22.7 Å². The van der Waals surface area contributed by atoms with E-state index in [4.69, 9.17) is 16.3 Å². The maximum absolute atomic E-state index is 12.3. The summed E-state index contributed by atoms with van der Waals surface area (Å²) in [5, 5.41) is 0.622. The van der Waals surface area contributed by atoms with E-state index in [1.807, 2.05) is 4.90 Å². The van der Waals surface area contributed by atoms with Gasteiger partial charge in [0.2, 0.25) is 0 Å². The number of hydrogen-bond acceptors (Lipinski definition) is 2. The Morgan fingerprint density at radius 2 is 2.11 bits per heavy atom. The van der Waals surface area contributed by atoms with Crippen molar-refractivity contribution in [2.75, 3.05) is 20.2 Å². The molecular formula is C13H15BrClNO2. The van der Waals surface area contributed by atoms with Crippen LogP contribution in [-0.2, 0) is 4.74 Å². The van der Waals surface area contributed by atoms with Gasteiger partial charge in [-0.15, -0.1) is 0 Å². The van der Waals surface area contributed by atoms with Crippen molar-refractivity contribution in [1.82, 2.24) is 4.90 Å². The molecule has 98 valence electrons. The molecule has 0 saturated carbocycles. The van der Waals surface area contributed by atoms with Crippen molar-refractivity contribution in [3.8, 4) is 0 Å². The van der Waals surface area contributed by atoms with E-state index in [9.17, 15) is 4.79 Å². The molecule has 0 N–H and O–H groups in total. The summed E-state index contributed by atoms with van der Waals surface area (Å²) in [7, 11) is 1.72. The Morgan fingerprint density at radius 3 is 2.67 bits per heavy atom. The first-order chi connectivity index (χ1) is 8.61. The lowest BCUT2D eigenvalue weighted by Crippen LogP contribution is -2.40. The van der Waals surface area contributed by atoms with Crippen LogP contribution in [-0.4, -0.2) is 37.1 Å². The maximum atomic E-state index is 12.3. The van der Waals surface area contributed by atoms with Crippen LogP contribution in [0.3, 0.4) is 0 Å². The highest BCUT2D eigenvalue weighted by Crippen LogP contribution is 2.24. The zero-order valence-electron chi connectivity index (χ0n) is 10.2. The topological polar surface area (TPSA) is 29.5 Å². The van der Waals surface area contributed by atoms with Gasteiger partial charge in [-0.25, -0.2) is 0 Å². The molecule has 3 nitrogen and oxygen atoms in total. The number of hydrogen-bond donors (Lipinski definition) is 0. The number of halogens is 2. The van der Waals surface area contributed by atoms with Gasteiger partial charge in [0, 0.05) is 29.7 Å². The third kappa shape index (κ3) is 3.05. The van der Waals surface area contributed by atoms with Crippen LogP contribution < -0.4 is 0 Å². The second-order valence-electron chi connectivity index (χ2n) is 4.35. The lowest BCUT2D eigenvalue weighted by Gasteiger charge is -2.31. The molecule has 2 rings (SSSR count). The summed E-state index contributed by atoms with van der Waals surface area (Å²) >= 11 is 9.26. The number of methoxy groups -OCH3 is 1. The third-order valence-corrected chi connectivity index (χ3v) is 4.12. The van der Waals surface area contributed by atoms with E-state index in [-0.39, 0.29) is 12.0 Å². The van der Waals surface area contributed by atoms with Gasteiger partial charge in [0.15, 0.2) is 0 Å². The fraction of sp³-hybridized carbons (Fsp3) is 0.462. The maximum Gasteiger partial charge on any atom is 0.255 e. The van der Waals surface area contributed by atoms with Gasteiger partial charge in [-0.1, -0.05) is 11.6 Å². The van der Waals surface area contributed by atoms with Crippen LogP contribution in [0.1, 0.15) is 23.2 Å². The number of nitrogens with zero attached hydrogens (tertiary/aromatic N) is 1. The summed E-state index contributed by atoms with van der Waals surface area (Å²) in [6.07, 6.45) is 2.07. The Kier molecular flexibility index (Phi) is 4.65. The number of carbonyl (C=O) groups is 1. The Morgan fingerprint density at radius 1 is 1.44 bits per heavy atom. The minimum absolute atomic E-state index is 0.0492. The molecule has 1 saturated heterocycles. The van der Waals surface area contributed by atoms with Crippen LogP contribution in [0, 0.1) is 0 Å². The molecule has 0 unspecified atom stereocenters. The first-order valence-corrected chi connectivity index (χ1v) is 7.06. The molecule has 1 aromatic carbocycles. The lowest BCUT2D eigenvalue weighted by atomic mass is 10.1. The van der Waals surface area contributed by atoms with E-state index in [2.05, 4.69) is 15.9 Å². The highest BCUT2D eigenvalue weighted by Gasteiger charge is 2.24. The van der Waals surface area contributed by atoms with Crippen LogP contribution in [0.5, 0.6) is 0 Å². The lowest BCUT2D eigenvalue weighted by molar-refractivity contribution is 0.0350. The van der Waals surface area contributed by atoms with Crippen LogP contribution in [0.4, 0.5) is 0 Å². The van der Waals surface area contributed by atoms with Gasteiger partial charge in [-0.3, -0.25) is 4.79 Å². The predicted molar refractivity (Wildman–Crippen MR) is 75.1 cm³/mol. The third-order valence-electron chi connectivity index (χ3n) is 3.22. The number of amides is 1. The number of carbonyl (C=O) groups excluding carboxylic acids is 1. The molecule has 0 bridgehead atoms. The molecule has 1 heterocycles. The molecule has 0 aliphatic carbocycles. The molecule has 1 aromatic rings. The SMILES string of the molecule is COC1CCN(C(=O)c2ccc(Cl)cc2Br)CC1. The number of piperidine rings is 1. The molecule has 0 aromatic heterocycles. The molecule has 0 spiro atoms. The van der Waals surface area contributed by atoms with Crippen molar-refractivity contribution in [2.45, 2.75) is 18.9 Å². The summed E-state index contributed by atoms with van der Waals surface area (Å²) < 4.78 is 6.04. The van der Waals surface area contributed by atoms with Crippen molar-refractivity contribution in [1.29, 1.82) is 0 Å². The van der Waals surface area contributed by atoms with E-state index in [1.165, 1.54) is 0 Å². The Hall–Kier alpha value is -0.580. The minimum atomic E-state index is 0.0492. The zero-order valence-corrected chi connectivity index (χ0v) is 12.5. The molecular weight excluding hydrogens is 318 g/mol. The van der Waals surface area contributed by atoms with E-state index >= 15 is 0 Å². The molecule has 18 heavy (non-hydrogen) atoms. The summed E-state index contributed by atoms with van der Waals surface area (Å²) in [6.45, 7) is 1.48. The van der Waals surface area contributed by atoms with Crippen molar-refractivity contribution >= 4 is 33.4 Å². The van der Waals surface area contributed by atoms with E-state index in [0.717, 1.165) is 30.4 Å². The second kappa shape index (κ2) is 6.04. The second-order valence-corrected chi connectivity index (χ2v) is 5.64. The molecule has 0 radical (unpaired) electrons. The first kappa shape index (κ1) is 13.8. The summed E-state index contributed by atoms with van der Waals surface area (Å²) in [5.41, 5.74) is 0.662. The molecule has 5 heteroatoms. The number of benzene rings is 1. The molecule has 0 atom stereocenters. The molecule has 1 amide bonds. The van der Waals surface area contributed by atoms with Crippen LogP contribution in [0.2, 0.25) is 5.02 Å². The smallest absolute Gasteiger partial charge is 0.255 e. The monoisotopic (exact) mass is 331 g/mol. The van der Waals surface area contributed by atoms with Crippen molar-refractivity contribution in [3.63, 3.8) is 0 Å². The number of rotatable bonds is 2. The Balaban J connectivity index is 2.08. The summed E-state index contributed by atoms with van der Waals surface area (Å²) in [4.78, 5) is 14.2. The first-order valence-electron chi connectivity index (χ1n) is 5.89. The normalized spacial score (nSPS) is 16.9. The van der Waals surface area contributed by atoms with Crippen molar-refractivity contribution in [3.05, 3.63) is 33.3 Å². The fourth-order valence-electron chi connectivity index (χ4n) is 2.13. The van der Waals surface area contributed by atoms with Gasteiger partial charge in [-0.05, 0) is 47.0 Å². The van der Waals surface area contributed by atoms with Crippen molar-refractivity contribution < 1.29 is 9.53 Å². The van der Waals surface area contributed by atoms with Crippen molar-refractivity contribution in [2.24, 2.45) is 0 Å². The number of likely N-dealkylation sites (tertiary alicyclic amines) is 1. The Bertz CT molecular complexity index is 445. The highest BCUT2D eigenvalue weighted by atomic mass is 79.9. The molecule has 1 fully saturated rings. The fourth-order valence-corrected chi connectivity index (χ4v) is 2.98. The van der Waals surface area contributed by atoms with Gasteiger partial charge >= 0.3 is 0 Å². The van der Waals surface area contributed by atoms with Crippen LogP contribution in [0.25, 0.3) is 0 Å².